The first kappa shape index (κ1) is 9.81. The van der Waals surface area contributed by atoms with E-state index in [1.807, 2.05) is 6.07 Å². The maximum atomic E-state index is 13.1. The maximum Gasteiger partial charge on any atom is 0.148 e. The Morgan fingerprint density at radius 1 is 1.47 bits per heavy atom. The summed E-state index contributed by atoms with van der Waals surface area (Å²) in [6.45, 7) is 0.322. The molecule has 4 heteroatoms. The standard InChI is InChI=1S/C11H9FN2O/c12-9-2-7(5-13)1-8(3-9)11-4-10(15)6-14-11/h1-3,11,14H,4,6H2. The van der Waals surface area contributed by atoms with Crippen molar-refractivity contribution in [3.8, 4) is 6.07 Å². The van der Waals surface area contributed by atoms with E-state index in [-0.39, 0.29) is 17.4 Å². The van der Waals surface area contributed by atoms with Gasteiger partial charge in [-0.15, -0.1) is 0 Å². The van der Waals surface area contributed by atoms with Crippen LogP contribution in [0, 0.1) is 17.1 Å². The number of Topliss-reactive ketones (excluding diaryl/α,β-unsaturated/α-hetero) is 1. The molecule has 0 saturated carbocycles. The molecule has 0 aliphatic carbocycles. The Morgan fingerprint density at radius 2 is 2.27 bits per heavy atom. The van der Waals surface area contributed by atoms with E-state index in [9.17, 15) is 9.18 Å². The first-order chi connectivity index (χ1) is 7.19. The quantitative estimate of drug-likeness (QED) is 0.750. The van der Waals surface area contributed by atoms with Crippen molar-refractivity contribution in [2.24, 2.45) is 0 Å². The topological polar surface area (TPSA) is 52.9 Å². The number of hydrogen-bond donors (Lipinski definition) is 1. The second-order valence-electron chi connectivity index (χ2n) is 3.56. The van der Waals surface area contributed by atoms with E-state index >= 15 is 0 Å². The summed E-state index contributed by atoms with van der Waals surface area (Å²) in [6, 6.07) is 5.89. The van der Waals surface area contributed by atoms with Crippen LogP contribution in [0.15, 0.2) is 18.2 Å². The van der Waals surface area contributed by atoms with Crippen molar-refractivity contribution in [2.75, 3.05) is 6.54 Å². The highest BCUT2D eigenvalue weighted by molar-refractivity contribution is 5.83. The van der Waals surface area contributed by atoms with E-state index < -0.39 is 5.82 Å². The zero-order valence-corrected chi connectivity index (χ0v) is 7.96. The minimum atomic E-state index is -0.440. The van der Waals surface area contributed by atoms with Gasteiger partial charge in [-0.2, -0.15) is 5.26 Å². The molecular weight excluding hydrogens is 195 g/mol. The summed E-state index contributed by atoms with van der Waals surface area (Å²) in [5, 5.41) is 11.7. The summed E-state index contributed by atoms with van der Waals surface area (Å²) in [7, 11) is 0. The Kier molecular flexibility index (Phi) is 2.48. The molecule has 1 heterocycles. The fourth-order valence-electron chi connectivity index (χ4n) is 1.72. The molecule has 0 aromatic heterocycles. The number of carbonyl (C=O) groups is 1. The van der Waals surface area contributed by atoms with Gasteiger partial charge in [0.25, 0.3) is 0 Å². The monoisotopic (exact) mass is 204 g/mol. The van der Waals surface area contributed by atoms with Gasteiger partial charge in [-0.25, -0.2) is 4.39 Å². The van der Waals surface area contributed by atoms with Crippen LogP contribution < -0.4 is 5.32 Å². The third kappa shape index (κ3) is 2.03. The van der Waals surface area contributed by atoms with Gasteiger partial charge in [-0.1, -0.05) is 0 Å². The fourth-order valence-corrected chi connectivity index (χ4v) is 1.72. The lowest BCUT2D eigenvalue weighted by molar-refractivity contribution is -0.116. The molecule has 1 aliphatic rings. The number of nitrogens with one attached hydrogen (secondary N) is 1. The van der Waals surface area contributed by atoms with Gasteiger partial charge in [0, 0.05) is 12.5 Å². The van der Waals surface area contributed by atoms with Gasteiger partial charge >= 0.3 is 0 Å². The fraction of sp³-hybridized carbons (Fsp3) is 0.273. The molecule has 1 atom stereocenters. The highest BCUT2D eigenvalue weighted by atomic mass is 19.1. The Morgan fingerprint density at radius 3 is 2.87 bits per heavy atom. The van der Waals surface area contributed by atoms with Crippen LogP contribution in [0.4, 0.5) is 4.39 Å². The number of nitriles is 1. The SMILES string of the molecule is N#Cc1cc(F)cc(C2CC(=O)CN2)c1. The van der Waals surface area contributed by atoms with Gasteiger partial charge in [0.2, 0.25) is 0 Å². The van der Waals surface area contributed by atoms with Crippen molar-refractivity contribution in [3.05, 3.63) is 35.1 Å². The van der Waals surface area contributed by atoms with E-state index in [2.05, 4.69) is 5.32 Å². The largest absolute Gasteiger partial charge is 0.303 e. The first-order valence-electron chi connectivity index (χ1n) is 4.65. The molecule has 1 fully saturated rings. The van der Waals surface area contributed by atoms with Gasteiger partial charge < -0.3 is 5.32 Å². The average molecular weight is 204 g/mol. The molecule has 3 nitrogen and oxygen atoms in total. The average Bonchev–Trinajstić information content (AvgIpc) is 2.64. The molecule has 1 aliphatic heterocycles. The first-order valence-corrected chi connectivity index (χ1v) is 4.65. The minimum absolute atomic E-state index is 0.114. The van der Waals surface area contributed by atoms with Crippen LogP contribution in [0.2, 0.25) is 0 Å². The van der Waals surface area contributed by atoms with Gasteiger partial charge in [0.15, 0.2) is 0 Å². The number of benzene rings is 1. The van der Waals surface area contributed by atoms with Gasteiger partial charge in [-0.05, 0) is 23.8 Å². The third-order valence-corrected chi connectivity index (χ3v) is 2.43. The summed E-state index contributed by atoms with van der Waals surface area (Å²) < 4.78 is 13.1. The molecule has 1 aromatic rings. The van der Waals surface area contributed by atoms with Crippen LogP contribution >= 0.6 is 0 Å². The summed E-state index contributed by atoms with van der Waals surface area (Å²) >= 11 is 0. The van der Waals surface area contributed by atoms with Crippen LogP contribution in [0.5, 0.6) is 0 Å². The number of halogens is 1. The lowest BCUT2D eigenvalue weighted by Gasteiger charge is -2.09. The second-order valence-corrected chi connectivity index (χ2v) is 3.56. The van der Waals surface area contributed by atoms with Gasteiger partial charge in [0.05, 0.1) is 18.2 Å². The van der Waals surface area contributed by atoms with E-state index in [4.69, 9.17) is 5.26 Å². The molecule has 1 saturated heterocycles. The minimum Gasteiger partial charge on any atom is -0.303 e. The lowest BCUT2D eigenvalue weighted by Crippen LogP contribution is -2.13. The Balaban J connectivity index is 2.32. The molecular formula is C11H9FN2O. The lowest BCUT2D eigenvalue weighted by atomic mass is 10.0. The van der Waals surface area contributed by atoms with Crippen molar-refractivity contribution in [1.29, 1.82) is 5.26 Å². The van der Waals surface area contributed by atoms with Crippen molar-refractivity contribution < 1.29 is 9.18 Å². The number of rotatable bonds is 1. The van der Waals surface area contributed by atoms with Gasteiger partial charge in [0.1, 0.15) is 11.6 Å². The third-order valence-electron chi connectivity index (χ3n) is 2.43. The molecule has 1 aromatic carbocycles. The Hall–Kier alpha value is -1.73. The van der Waals surface area contributed by atoms with Crippen LogP contribution in [-0.4, -0.2) is 12.3 Å². The van der Waals surface area contributed by atoms with Crippen molar-refractivity contribution in [1.82, 2.24) is 5.32 Å². The molecule has 0 radical (unpaired) electrons. The number of nitrogens with zero attached hydrogens (tertiary/aromatic N) is 1. The summed E-state index contributed by atoms with van der Waals surface area (Å²) in [6.07, 6.45) is 0.369. The molecule has 1 unspecified atom stereocenters. The number of ketones is 1. The molecule has 0 spiro atoms. The normalized spacial score (nSPS) is 20.3. The highest BCUT2D eigenvalue weighted by Crippen LogP contribution is 2.22. The summed E-state index contributed by atoms with van der Waals surface area (Å²) in [5.74, 6) is -0.326. The van der Waals surface area contributed by atoms with E-state index in [1.54, 1.807) is 6.07 Å². The van der Waals surface area contributed by atoms with Crippen molar-refractivity contribution in [2.45, 2.75) is 12.5 Å². The number of carbonyl (C=O) groups excluding carboxylic acids is 1. The molecule has 15 heavy (non-hydrogen) atoms. The van der Waals surface area contributed by atoms with Crippen LogP contribution in [-0.2, 0) is 4.79 Å². The van der Waals surface area contributed by atoms with Crippen LogP contribution in [0.1, 0.15) is 23.6 Å². The van der Waals surface area contributed by atoms with Crippen LogP contribution in [0.3, 0.4) is 0 Å². The van der Waals surface area contributed by atoms with Crippen LogP contribution in [0.25, 0.3) is 0 Å². The molecule has 0 bridgehead atoms. The van der Waals surface area contributed by atoms with E-state index in [0.29, 0.717) is 18.5 Å². The second kappa shape index (κ2) is 3.79. The Labute approximate surface area is 86.5 Å². The predicted molar refractivity (Wildman–Crippen MR) is 51.5 cm³/mol. The predicted octanol–water partition coefficient (Wildman–Crippen LogP) is 1.30. The number of hydrogen-bond acceptors (Lipinski definition) is 3. The smallest absolute Gasteiger partial charge is 0.148 e. The zero-order chi connectivity index (χ0) is 10.8. The van der Waals surface area contributed by atoms with Crippen molar-refractivity contribution >= 4 is 5.78 Å². The molecule has 0 amide bonds. The van der Waals surface area contributed by atoms with E-state index in [1.165, 1.54) is 12.1 Å². The van der Waals surface area contributed by atoms with Crippen molar-refractivity contribution in [3.63, 3.8) is 0 Å². The summed E-state index contributed by atoms with van der Waals surface area (Å²) in [5.41, 5.74) is 0.948. The molecule has 1 N–H and O–H groups in total. The van der Waals surface area contributed by atoms with E-state index in [0.717, 1.165) is 0 Å². The Bertz CT molecular complexity index is 450. The zero-order valence-electron chi connectivity index (χ0n) is 7.96. The maximum absolute atomic E-state index is 13.1. The molecule has 2 rings (SSSR count). The highest BCUT2D eigenvalue weighted by Gasteiger charge is 2.23. The molecule has 76 valence electrons. The summed E-state index contributed by atoms with van der Waals surface area (Å²) in [4.78, 5) is 11.0. The van der Waals surface area contributed by atoms with Gasteiger partial charge in [-0.3, -0.25) is 4.79 Å².